The molecule has 1 aliphatic heterocycles. The molecule has 1 aliphatic carbocycles. The van der Waals surface area contributed by atoms with E-state index >= 15 is 0 Å². The summed E-state index contributed by atoms with van der Waals surface area (Å²) in [5.41, 5.74) is 2.13. The van der Waals surface area contributed by atoms with Crippen molar-refractivity contribution < 1.29 is 9.53 Å². The molecule has 0 radical (unpaired) electrons. The van der Waals surface area contributed by atoms with Gasteiger partial charge in [0.2, 0.25) is 0 Å². The van der Waals surface area contributed by atoms with Gasteiger partial charge in [-0.3, -0.25) is 4.79 Å². The van der Waals surface area contributed by atoms with Gasteiger partial charge in [-0.05, 0) is 75.3 Å². The molecule has 3 nitrogen and oxygen atoms in total. The summed E-state index contributed by atoms with van der Waals surface area (Å²) in [7, 11) is 0. The number of thioether (sulfide) groups is 1. The topological polar surface area (TPSA) is 29.5 Å². The quantitative estimate of drug-likeness (QED) is 0.562. The number of rotatable bonds is 4. The van der Waals surface area contributed by atoms with Crippen LogP contribution >= 0.6 is 11.8 Å². The van der Waals surface area contributed by atoms with Crippen LogP contribution in [0.2, 0.25) is 0 Å². The Morgan fingerprint density at radius 1 is 1.03 bits per heavy atom. The van der Waals surface area contributed by atoms with Gasteiger partial charge >= 0.3 is 0 Å². The largest absolute Gasteiger partial charge is 0.490 e. The minimum atomic E-state index is -0.113. The molecule has 1 saturated carbocycles. The monoisotopic (exact) mass is 423 g/mol. The van der Waals surface area contributed by atoms with E-state index in [-0.39, 0.29) is 21.6 Å². The number of amides is 1. The molecule has 4 heteroatoms. The molecule has 0 aromatic heterocycles. The predicted molar refractivity (Wildman–Crippen MR) is 125 cm³/mol. The van der Waals surface area contributed by atoms with Crippen LogP contribution in [0.15, 0.2) is 54.6 Å². The molecule has 160 valence electrons. The van der Waals surface area contributed by atoms with E-state index in [1.54, 1.807) is 0 Å². The number of carbonyl (C=O) groups excluding carboxylic acids is 1. The van der Waals surface area contributed by atoms with Crippen LogP contribution in [-0.4, -0.2) is 33.1 Å². The van der Waals surface area contributed by atoms with Gasteiger partial charge in [-0.2, -0.15) is 0 Å². The van der Waals surface area contributed by atoms with Crippen LogP contribution in [-0.2, 0) is 0 Å². The molecule has 2 fully saturated rings. The highest BCUT2D eigenvalue weighted by Gasteiger charge is 2.53. The lowest BCUT2D eigenvalue weighted by Crippen LogP contribution is -2.49. The Morgan fingerprint density at radius 3 is 2.27 bits per heavy atom. The normalized spacial score (nSPS) is 25.6. The van der Waals surface area contributed by atoms with Crippen molar-refractivity contribution in [3.8, 4) is 5.75 Å². The highest BCUT2D eigenvalue weighted by atomic mass is 32.2. The molecule has 30 heavy (non-hydrogen) atoms. The van der Waals surface area contributed by atoms with Crippen molar-refractivity contribution in [3.63, 3.8) is 0 Å². The fourth-order valence-corrected chi connectivity index (χ4v) is 6.70. The lowest BCUT2D eigenvalue weighted by molar-refractivity contribution is 0.0492. The van der Waals surface area contributed by atoms with Gasteiger partial charge in [0.1, 0.15) is 5.75 Å². The number of hydrogen-bond acceptors (Lipinski definition) is 3. The maximum Gasteiger partial charge on any atom is 0.255 e. The first kappa shape index (κ1) is 21.3. The first-order valence-electron chi connectivity index (χ1n) is 11.1. The molecule has 0 unspecified atom stereocenters. The van der Waals surface area contributed by atoms with E-state index < -0.39 is 0 Å². The summed E-state index contributed by atoms with van der Waals surface area (Å²) in [6, 6.07) is 18.2. The minimum absolute atomic E-state index is 0.0742. The number of ether oxygens (including phenoxy) is 1. The van der Waals surface area contributed by atoms with Gasteiger partial charge in [0.05, 0.1) is 11.0 Å². The molecule has 2 aromatic carbocycles. The Hall–Kier alpha value is -1.94. The number of hydrogen-bond donors (Lipinski definition) is 0. The second kappa shape index (κ2) is 8.30. The molecule has 0 bridgehead atoms. The maximum atomic E-state index is 13.3. The summed E-state index contributed by atoms with van der Waals surface area (Å²) in [5.74, 6) is 1.65. The van der Waals surface area contributed by atoms with E-state index in [2.05, 4.69) is 56.9 Å². The fraction of sp³-hybridized carbons (Fsp3) is 0.500. The van der Waals surface area contributed by atoms with Crippen molar-refractivity contribution >= 4 is 17.7 Å². The van der Waals surface area contributed by atoms with E-state index in [1.165, 1.54) is 5.56 Å². The fourth-order valence-electron chi connectivity index (χ4n) is 4.78. The molecule has 0 atom stereocenters. The zero-order valence-corrected chi connectivity index (χ0v) is 19.4. The molecule has 2 aliphatic rings. The van der Waals surface area contributed by atoms with Gasteiger partial charge in [0.15, 0.2) is 0 Å². The molecule has 1 amide bonds. The third kappa shape index (κ3) is 4.39. The van der Waals surface area contributed by atoms with Crippen molar-refractivity contribution in [2.75, 3.05) is 6.54 Å². The Morgan fingerprint density at radius 2 is 1.67 bits per heavy atom. The minimum Gasteiger partial charge on any atom is -0.490 e. The van der Waals surface area contributed by atoms with Crippen molar-refractivity contribution in [2.45, 2.75) is 75.0 Å². The predicted octanol–water partition coefficient (Wildman–Crippen LogP) is 6.50. The van der Waals surface area contributed by atoms with Crippen molar-refractivity contribution in [1.29, 1.82) is 0 Å². The average molecular weight is 424 g/mol. The summed E-state index contributed by atoms with van der Waals surface area (Å²) in [5, 5.41) is 0. The molecular formula is C26H33NO2S. The number of benzene rings is 2. The first-order valence-corrected chi connectivity index (χ1v) is 11.9. The van der Waals surface area contributed by atoms with Crippen LogP contribution in [0.5, 0.6) is 5.75 Å². The maximum absolute atomic E-state index is 13.3. The van der Waals surface area contributed by atoms with Crippen molar-refractivity contribution in [3.05, 3.63) is 65.7 Å². The molecule has 1 saturated heterocycles. The SMILES string of the molecule is CC(C)c1ccc(OC2CCC3(CC2)SC(C)(C)CN3C(=O)c2ccccc2)cc1. The third-order valence-electron chi connectivity index (χ3n) is 6.33. The second-order valence-corrected chi connectivity index (χ2v) is 11.7. The highest BCUT2D eigenvalue weighted by Crippen LogP contribution is 2.54. The lowest BCUT2D eigenvalue weighted by atomic mass is 9.90. The van der Waals surface area contributed by atoms with Gasteiger partial charge in [0.25, 0.3) is 5.91 Å². The molecular weight excluding hydrogens is 390 g/mol. The Balaban J connectivity index is 1.45. The van der Waals surface area contributed by atoms with E-state index in [0.29, 0.717) is 5.92 Å². The standard InChI is InChI=1S/C26H33NO2S/c1-19(2)20-10-12-22(13-11-20)29-23-14-16-26(17-15-23)27(18-25(3,4)30-26)24(28)21-8-6-5-7-9-21/h5-13,19,23H,14-18H2,1-4H3. The zero-order chi connectivity index (χ0) is 21.4. The van der Waals surface area contributed by atoms with Crippen LogP contribution in [0.1, 0.15) is 75.2 Å². The van der Waals surface area contributed by atoms with Gasteiger partial charge in [-0.25, -0.2) is 0 Å². The Labute approximate surface area is 185 Å². The summed E-state index contributed by atoms with van der Waals surface area (Å²) >= 11 is 1.99. The third-order valence-corrected chi connectivity index (χ3v) is 8.02. The summed E-state index contributed by atoms with van der Waals surface area (Å²) in [4.78, 5) is 15.4. The van der Waals surface area contributed by atoms with Crippen molar-refractivity contribution in [2.24, 2.45) is 0 Å². The summed E-state index contributed by atoms with van der Waals surface area (Å²) < 4.78 is 6.39. The molecule has 0 N–H and O–H groups in total. The Bertz CT molecular complexity index is 868. The molecule has 1 heterocycles. The van der Waals surface area contributed by atoms with Gasteiger partial charge < -0.3 is 9.64 Å². The van der Waals surface area contributed by atoms with Crippen LogP contribution in [0.4, 0.5) is 0 Å². The molecule has 4 rings (SSSR count). The smallest absolute Gasteiger partial charge is 0.255 e. The number of carbonyl (C=O) groups is 1. The average Bonchev–Trinajstić information content (AvgIpc) is 3.00. The molecule has 1 spiro atoms. The van der Waals surface area contributed by atoms with Crippen molar-refractivity contribution in [1.82, 2.24) is 4.90 Å². The zero-order valence-electron chi connectivity index (χ0n) is 18.6. The summed E-state index contributed by atoms with van der Waals surface area (Å²) in [6.07, 6.45) is 4.14. The van der Waals surface area contributed by atoms with Crippen LogP contribution in [0.3, 0.4) is 0 Å². The highest BCUT2D eigenvalue weighted by molar-refractivity contribution is 8.02. The van der Waals surface area contributed by atoms with Gasteiger partial charge in [-0.15, -0.1) is 11.8 Å². The number of nitrogens with zero attached hydrogens (tertiary/aromatic N) is 1. The first-order chi connectivity index (χ1) is 14.3. The van der Waals surface area contributed by atoms with Crippen LogP contribution < -0.4 is 4.74 Å². The summed E-state index contributed by atoms with van der Waals surface area (Å²) in [6.45, 7) is 9.74. The lowest BCUT2D eigenvalue weighted by Gasteiger charge is -2.42. The van der Waals surface area contributed by atoms with Gasteiger partial charge in [0, 0.05) is 16.9 Å². The van der Waals surface area contributed by atoms with Gasteiger partial charge in [-0.1, -0.05) is 44.2 Å². The molecule has 2 aromatic rings. The second-order valence-electron chi connectivity index (χ2n) is 9.61. The van der Waals surface area contributed by atoms with Crippen LogP contribution in [0, 0.1) is 0 Å². The Kier molecular flexibility index (Phi) is 5.89. The van der Waals surface area contributed by atoms with Crippen LogP contribution in [0.25, 0.3) is 0 Å². The van der Waals surface area contributed by atoms with E-state index in [9.17, 15) is 4.79 Å². The van der Waals surface area contributed by atoms with E-state index in [0.717, 1.165) is 43.5 Å². The van der Waals surface area contributed by atoms with E-state index in [1.807, 2.05) is 42.1 Å². The van der Waals surface area contributed by atoms with E-state index in [4.69, 9.17) is 4.74 Å².